The molecule has 1 N–H and O–H groups in total. The molecular formula is C11H10N2O4. The predicted molar refractivity (Wildman–Crippen MR) is 57.6 cm³/mol. The van der Waals surface area contributed by atoms with Gasteiger partial charge in [0.25, 0.3) is 0 Å². The number of aliphatic carboxylic acids is 1. The lowest BCUT2D eigenvalue weighted by atomic mass is 10.2. The molecule has 2 rings (SSSR count). The number of nitrogens with zero attached hydrogens (tertiary/aromatic N) is 2. The van der Waals surface area contributed by atoms with Crippen LogP contribution in [0.4, 0.5) is 0 Å². The van der Waals surface area contributed by atoms with Crippen molar-refractivity contribution < 1.29 is 19.2 Å². The molecule has 2 aromatic rings. The molecule has 88 valence electrons. The molecule has 0 amide bonds. The van der Waals surface area contributed by atoms with E-state index in [-0.39, 0.29) is 12.3 Å². The number of ether oxygens (including phenoxy) is 1. The molecule has 1 heterocycles. The van der Waals surface area contributed by atoms with Gasteiger partial charge in [-0.15, -0.1) is 0 Å². The summed E-state index contributed by atoms with van der Waals surface area (Å²) in [5.41, 5.74) is 0.662. The predicted octanol–water partition coefficient (Wildman–Crippen LogP) is 1.37. The summed E-state index contributed by atoms with van der Waals surface area (Å²) in [6.07, 6.45) is -0.290. The zero-order valence-electron chi connectivity index (χ0n) is 9.08. The van der Waals surface area contributed by atoms with Crippen molar-refractivity contribution in [1.29, 1.82) is 0 Å². The Morgan fingerprint density at radius 2 is 2.24 bits per heavy atom. The second kappa shape index (κ2) is 4.65. The Bertz CT molecular complexity index is 536. The molecule has 1 aromatic carbocycles. The highest BCUT2D eigenvalue weighted by atomic mass is 16.5. The SMILES string of the molecule is COc1ccccc1-c1noc(CC(=O)O)n1. The Labute approximate surface area is 96.8 Å². The summed E-state index contributed by atoms with van der Waals surface area (Å²) in [6, 6.07) is 7.17. The summed E-state index contributed by atoms with van der Waals surface area (Å²) >= 11 is 0. The van der Waals surface area contributed by atoms with E-state index in [1.807, 2.05) is 12.1 Å². The summed E-state index contributed by atoms with van der Waals surface area (Å²) in [5, 5.41) is 12.3. The third-order valence-corrected chi connectivity index (χ3v) is 2.12. The van der Waals surface area contributed by atoms with Crippen molar-refractivity contribution in [3.63, 3.8) is 0 Å². The van der Waals surface area contributed by atoms with Gasteiger partial charge in [-0.25, -0.2) is 0 Å². The minimum atomic E-state index is -1.01. The van der Waals surface area contributed by atoms with Crippen molar-refractivity contribution in [2.24, 2.45) is 0 Å². The van der Waals surface area contributed by atoms with E-state index in [9.17, 15) is 4.79 Å². The van der Waals surface area contributed by atoms with Gasteiger partial charge in [-0.1, -0.05) is 17.3 Å². The summed E-state index contributed by atoms with van der Waals surface area (Å²) in [7, 11) is 1.54. The molecule has 6 heteroatoms. The second-order valence-electron chi connectivity index (χ2n) is 3.28. The number of para-hydroxylation sites is 1. The van der Waals surface area contributed by atoms with Crippen molar-refractivity contribution in [3.8, 4) is 17.1 Å². The Balaban J connectivity index is 2.33. The Kier molecular flexibility index (Phi) is 3.04. The fourth-order valence-corrected chi connectivity index (χ4v) is 1.39. The highest BCUT2D eigenvalue weighted by Gasteiger charge is 2.14. The van der Waals surface area contributed by atoms with Crippen molar-refractivity contribution in [1.82, 2.24) is 10.1 Å². The first-order chi connectivity index (χ1) is 8.20. The lowest BCUT2D eigenvalue weighted by molar-refractivity contribution is -0.136. The molecule has 0 radical (unpaired) electrons. The van der Waals surface area contributed by atoms with Gasteiger partial charge < -0.3 is 14.4 Å². The molecule has 1 aromatic heterocycles. The van der Waals surface area contributed by atoms with E-state index >= 15 is 0 Å². The van der Waals surface area contributed by atoms with E-state index in [1.54, 1.807) is 12.1 Å². The van der Waals surface area contributed by atoms with E-state index in [1.165, 1.54) is 7.11 Å². The van der Waals surface area contributed by atoms with Crippen LogP contribution >= 0.6 is 0 Å². The minimum absolute atomic E-state index is 0.0680. The Morgan fingerprint density at radius 3 is 2.94 bits per heavy atom. The monoisotopic (exact) mass is 234 g/mol. The van der Waals surface area contributed by atoms with Crippen LogP contribution in [0.5, 0.6) is 5.75 Å². The van der Waals surface area contributed by atoms with Crippen LogP contribution < -0.4 is 4.74 Å². The standard InChI is InChI=1S/C11H10N2O4/c1-16-8-5-3-2-4-7(8)11-12-9(17-13-11)6-10(14)15/h2-5H,6H2,1H3,(H,14,15). The highest BCUT2D eigenvalue weighted by molar-refractivity contribution is 5.69. The summed E-state index contributed by atoms with van der Waals surface area (Å²) in [6.45, 7) is 0. The maximum atomic E-state index is 10.5. The second-order valence-corrected chi connectivity index (χ2v) is 3.28. The van der Waals surface area contributed by atoms with Gasteiger partial charge in [-0.05, 0) is 12.1 Å². The number of benzene rings is 1. The maximum absolute atomic E-state index is 10.5. The van der Waals surface area contributed by atoms with Crippen molar-refractivity contribution in [2.75, 3.05) is 7.11 Å². The quantitative estimate of drug-likeness (QED) is 0.859. The Hall–Kier alpha value is -2.37. The molecule has 0 unspecified atom stereocenters. The number of methoxy groups -OCH3 is 1. The topological polar surface area (TPSA) is 85.5 Å². The van der Waals surface area contributed by atoms with Gasteiger partial charge in [0.15, 0.2) is 0 Å². The number of hydrogen-bond donors (Lipinski definition) is 1. The zero-order valence-corrected chi connectivity index (χ0v) is 9.08. The fourth-order valence-electron chi connectivity index (χ4n) is 1.39. The number of aromatic nitrogens is 2. The first-order valence-corrected chi connectivity index (χ1v) is 4.88. The smallest absolute Gasteiger partial charge is 0.312 e. The average Bonchev–Trinajstić information content (AvgIpc) is 2.76. The zero-order chi connectivity index (χ0) is 12.3. The van der Waals surface area contributed by atoms with Crippen LogP contribution in [0.25, 0.3) is 11.4 Å². The van der Waals surface area contributed by atoms with Crippen molar-refractivity contribution in [2.45, 2.75) is 6.42 Å². The van der Waals surface area contributed by atoms with Gasteiger partial charge >= 0.3 is 5.97 Å². The highest BCUT2D eigenvalue weighted by Crippen LogP contribution is 2.26. The molecule has 6 nitrogen and oxygen atoms in total. The number of hydrogen-bond acceptors (Lipinski definition) is 5. The number of carbonyl (C=O) groups is 1. The van der Waals surface area contributed by atoms with Gasteiger partial charge in [0.1, 0.15) is 12.2 Å². The molecule has 0 bridgehead atoms. The van der Waals surface area contributed by atoms with Gasteiger partial charge in [-0.2, -0.15) is 4.98 Å². The lowest BCUT2D eigenvalue weighted by Gasteiger charge is -2.02. The minimum Gasteiger partial charge on any atom is -0.496 e. The van der Waals surface area contributed by atoms with Crippen LogP contribution in [0.2, 0.25) is 0 Å². The molecule has 0 saturated heterocycles. The van der Waals surface area contributed by atoms with Crippen LogP contribution in [-0.2, 0) is 11.2 Å². The molecule has 0 aliphatic rings. The van der Waals surface area contributed by atoms with Crippen molar-refractivity contribution >= 4 is 5.97 Å². The molecular weight excluding hydrogens is 224 g/mol. The van der Waals surface area contributed by atoms with Gasteiger partial charge in [-0.3, -0.25) is 4.79 Å². The van der Waals surface area contributed by atoms with E-state index < -0.39 is 5.97 Å². The van der Waals surface area contributed by atoms with E-state index in [2.05, 4.69) is 10.1 Å². The number of rotatable bonds is 4. The summed E-state index contributed by atoms with van der Waals surface area (Å²) < 4.78 is 9.98. The Morgan fingerprint density at radius 1 is 1.47 bits per heavy atom. The van der Waals surface area contributed by atoms with E-state index in [0.29, 0.717) is 17.1 Å². The normalized spacial score (nSPS) is 10.2. The molecule has 0 saturated carbocycles. The largest absolute Gasteiger partial charge is 0.496 e. The van der Waals surface area contributed by atoms with Crippen LogP contribution in [0.1, 0.15) is 5.89 Å². The van der Waals surface area contributed by atoms with E-state index in [4.69, 9.17) is 14.4 Å². The summed E-state index contributed by atoms with van der Waals surface area (Å²) in [4.78, 5) is 14.5. The van der Waals surface area contributed by atoms with Crippen molar-refractivity contribution in [3.05, 3.63) is 30.2 Å². The fraction of sp³-hybridized carbons (Fsp3) is 0.182. The first kappa shape index (κ1) is 11.1. The molecule has 0 aliphatic carbocycles. The van der Waals surface area contributed by atoms with Crippen LogP contribution in [0.3, 0.4) is 0 Å². The molecule has 0 atom stereocenters. The van der Waals surface area contributed by atoms with Crippen LogP contribution in [-0.4, -0.2) is 28.3 Å². The van der Waals surface area contributed by atoms with E-state index in [0.717, 1.165) is 0 Å². The number of carboxylic acid groups (broad SMARTS) is 1. The third kappa shape index (κ3) is 2.41. The average molecular weight is 234 g/mol. The molecule has 0 spiro atoms. The molecule has 17 heavy (non-hydrogen) atoms. The van der Waals surface area contributed by atoms with Gasteiger partial charge in [0, 0.05) is 0 Å². The molecule has 0 fully saturated rings. The maximum Gasteiger partial charge on any atom is 0.312 e. The van der Waals surface area contributed by atoms with Crippen LogP contribution in [0, 0.1) is 0 Å². The lowest BCUT2D eigenvalue weighted by Crippen LogP contribution is -1.99. The third-order valence-electron chi connectivity index (χ3n) is 2.12. The number of carboxylic acids is 1. The van der Waals surface area contributed by atoms with Crippen LogP contribution in [0.15, 0.2) is 28.8 Å². The summed E-state index contributed by atoms with van der Waals surface area (Å²) in [5.74, 6) is -0.0208. The van der Waals surface area contributed by atoms with Gasteiger partial charge in [0.05, 0.1) is 12.7 Å². The first-order valence-electron chi connectivity index (χ1n) is 4.88. The molecule has 0 aliphatic heterocycles. The van der Waals surface area contributed by atoms with Gasteiger partial charge in [0.2, 0.25) is 11.7 Å².